The Morgan fingerprint density at radius 2 is 1.62 bits per heavy atom. The molecule has 4 rings (SSSR count). The van der Waals surface area contributed by atoms with Crippen molar-refractivity contribution in [2.24, 2.45) is 23.7 Å². The van der Waals surface area contributed by atoms with E-state index in [4.69, 9.17) is 9.84 Å². The van der Waals surface area contributed by atoms with Gasteiger partial charge in [0.2, 0.25) is 0 Å². The lowest BCUT2D eigenvalue weighted by molar-refractivity contribution is -0.126. The molecule has 0 heterocycles. The summed E-state index contributed by atoms with van der Waals surface area (Å²) in [5.74, 6) is 3.92. The summed E-state index contributed by atoms with van der Waals surface area (Å²) in [6, 6.07) is 0. The molecule has 2 nitrogen and oxygen atoms in total. The van der Waals surface area contributed by atoms with Crippen LogP contribution in [0.4, 0.5) is 0 Å². The van der Waals surface area contributed by atoms with Gasteiger partial charge in [-0.25, -0.2) is 0 Å². The number of hydrogen-bond donors (Lipinski definition) is 1. The molecule has 0 spiro atoms. The number of ether oxygens (including phenoxy) is 1. The third-order valence-corrected chi connectivity index (χ3v) is 4.84. The smallest absolute Gasteiger partial charge is 0.0874 e. The molecular weight excluding hydrogens is 200 g/mol. The molecule has 4 aliphatic rings. The molecule has 0 aromatic carbocycles. The van der Waals surface area contributed by atoms with Crippen LogP contribution in [0.1, 0.15) is 38.5 Å². The van der Waals surface area contributed by atoms with Crippen LogP contribution in [0.5, 0.6) is 0 Å². The van der Waals surface area contributed by atoms with E-state index in [1.165, 1.54) is 32.1 Å². The molecule has 4 fully saturated rings. The van der Waals surface area contributed by atoms with Crippen LogP contribution in [0.25, 0.3) is 0 Å². The molecule has 4 saturated carbocycles. The van der Waals surface area contributed by atoms with Crippen LogP contribution >= 0.6 is 0 Å². The van der Waals surface area contributed by atoms with E-state index in [2.05, 4.69) is 6.58 Å². The van der Waals surface area contributed by atoms with Gasteiger partial charge in [0.05, 0.1) is 18.5 Å². The predicted molar refractivity (Wildman–Crippen MR) is 63.2 cm³/mol. The summed E-state index contributed by atoms with van der Waals surface area (Å²) in [6.45, 7) is 4.16. The highest BCUT2D eigenvalue weighted by Crippen LogP contribution is 2.54. The van der Waals surface area contributed by atoms with E-state index in [1.807, 2.05) is 0 Å². The highest BCUT2D eigenvalue weighted by atomic mass is 16.5. The second-order valence-electron chi connectivity index (χ2n) is 6.08. The van der Waals surface area contributed by atoms with Gasteiger partial charge in [-0.05, 0) is 55.8 Å². The molecule has 1 N–H and O–H groups in total. The van der Waals surface area contributed by atoms with E-state index < -0.39 is 0 Å². The topological polar surface area (TPSA) is 29.5 Å². The van der Waals surface area contributed by atoms with Crippen LogP contribution in [-0.2, 0) is 4.74 Å². The van der Waals surface area contributed by atoms with Gasteiger partial charge in [0.1, 0.15) is 0 Å². The molecule has 0 aliphatic heterocycles. The Morgan fingerprint density at radius 3 is 2.12 bits per heavy atom. The normalized spacial score (nSPS) is 44.9. The van der Waals surface area contributed by atoms with Crippen LogP contribution in [0.2, 0.25) is 0 Å². The summed E-state index contributed by atoms with van der Waals surface area (Å²) >= 11 is 0. The summed E-state index contributed by atoms with van der Waals surface area (Å²) in [4.78, 5) is 0. The quantitative estimate of drug-likeness (QED) is 0.740. The van der Waals surface area contributed by atoms with Crippen LogP contribution in [0, 0.1) is 23.7 Å². The highest BCUT2D eigenvalue weighted by molar-refractivity contribution is 4.99. The van der Waals surface area contributed by atoms with Crippen LogP contribution in [0.15, 0.2) is 12.3 Å². The minimum Gasteiger partial charge on any atom is -0.513 e. The Balaban J connectivity index is 1.57. The lowest BCUT2D eigenvalue weighted by atomic mass is 9.55. The molecular formula is C14H22O2. The molecule has 0 unspecified atom stereocenters. The summed E-state index contributed by atoms with van der Waals surface area (Å²) in [5, 5.41) is 9.06. The minimum absolute atomic E-state index is 0.254. The third kappa shape index (κ3) is 1.88. The predicted octanol–water partition coefficient (Wildman–Crippen LogP) is 3.29. The molecule has 0 atom stereocenters. The molecule has 0 radical (unpaired) electrons. The molecule has 4 aliphatic carbocycles. The van der Waals surface area contributed by atoms with Crippen molar-refractivity contribution in [3.05, 3.63) is 12.3 Å². The second-order valence-corrected chi connectivity index (χ2v) is 6.08. The molecule has 0 aromatic heterocycles. The van der Waals surface area contributed by atoms with Crippen molar-refractivity contribution in [3.8, 4) is 0 Å². The summed E-state index contributed by atoms with van der Waals surface area (Å²) < 4.78 is 6.01. The minimum atomic E-state index is 0.254. The van der Waals surface area contributed by atoms with Crippen LogP contribution in [0.3, 0.4) is 0 Å². The first-order chi connectivity index (χ1) is 7.72. The fourth-order valence-electron chi connectivity index (χ4n) is 4.46. The van der Waals surface area contributed by atoms with E-state index in [1.54, 1.807) is 0 Å². The number of aliphatic hydroxyl groups is 1. The number of hydrogen-bond acceptors (Lipinski definition) is 2. The van der Waals surface area contributed by atoms with Crippen molar-refractivity contribution in [1.82, 2.24) is 0 Å². The van der Waals surface area contributed by atoms with Gasteiger partial charge in [-0.2, -0.15) is 0 Å². The Kier molecular flexibility index (Phi) is 2.70. The van der Waals surface area contributed by atoms with Gasteiger partial charge >= 0.3 is 0 Å². The monoisotopic (exact) mass is 222 g/mol. The van der Waals surface area contributed by atoms with Gasteiger partial charge in [-0.15, -0.1) is 0 Å². The van der Waals surface area contributed by atoms with Crippen molar-refractivity contribution >= 4 is 0 Å². The van der Waals surface area contributed by atoms with Crippen LogP contribution < -0.4 is 0 Å². The zero-order valence-corrected chi connectivity index (χ0v) is 9.90. The standard InChI is InChI=1S/C14H22O2/c1-9(15)2-3-16-14-12-5-10-4-11(7-12)8-13(14)6-10/h10-15H,1-8H2. The van der Waals surface area contributed by atoms with Gasteiger partial charge in [0, 0.05) is 6.42 Å². The first kappa shape index (κ1) is 10.6. The van der Waals surface area contributed by atoms with E-state index in [0.717, 1.165) is 23.7 Å². The zero-order valence-electron chi connectivity index (χ0n) is 9.90. The van der Waals surface area contributed by atoms with Crippen LogP contribution in [-0.4, -0.2) is 17.8 Å². The molecule has 90 valence electrons. The van der Waals surface area contributed by atoms with Crippen molar-refractivity contribution in [2.75, 3.05) is 6.61 Å². The van der Waals surface area contributed by atoms with Crippen molar-refractivity contribution in [3.63, 3.8) is 0 Å². The molecule has 0 amide bonds. The number of aliphatic hydroxyl groups excluding tert-OH is 1. The summed E-state index contributed by atoms with van der Waals surface area (Å²) in [5.41, 5.74) is 0. The molecule has 4 bridgehead atoms. The molecule has 0 saturated heterocycles. The first-order valence-electron chi connectivity index (χ1n) is 6.70. The maximum Gasteiger partial charge on any atom is 0.0874 e. The first-order valence-corrected chi connectivity index (χ1v) is 6.70. The fourth-order valence-corrected chi connectivity index (χ4v) is 4.46. The lowest BCUT2D eigenvalue weighted by Gasteiger charge is -2.54. The largest absolute Gasteiger partial charge is 0.513 e. The Labute approximate surface area is 97.7 Å². The Hall–Kier alpha value is -0.500. The average Bonchev–Trinajstić information content (AvgIpc) is 2.20. The maximum atomic E-state index is 9.06. The van der Waals surface area contributed by atoms with E-state index >= 15 is 0 Å². The van der Waals surface area contributed by atoms with Gasteiger partial charge in [-0.1, -0.05) is 6.58 Å². The highest BCUT2D eigenvalue weighted by Gasteiger charge is 2.48. The van der Waals surface area contributed by atoms with Crippen molar-refractivity contribution < 1.29 is 9.84 Å². The zero-order chi connectivity index (χ0) is 11.1. The summed E-state index contributed by atoms with van der Waals surface area (Å²) in [7, 11) is 0. The third-order valence-electron chi connectivity index (χ3n) is 4.84. The van der Waals surface area contributed by atoms with Gasteiger partial charge in [-0.3, -0.25) is 0 Å². The lowest BCUT2D eigenvalue weighted by Crippen LogP contribution is -2.49. The average molecular weight is 222 g/mol. The Morgan fingerprint density at radius 1 is 1.06 bits per heavy atom. The molecule has 2 heteroatoms. The number of rotatable bonds is 4. The van der Waals surface area contributed by atoms with Gasteiger partial charge in [0.25, 0.3) is 0 Å². The van der Waals surface area contributed by atoms with Crippen molar-refractivity contribution in [1.29, 1.82) is 0 Å². The fraction of sp³-hybridized carbons (Fsp3) is 0.857. The van der Waals surface area contributed by atoms with Crippen molar-refractivity contribution in [2.45, 2.75) is 44.6 Å². The SMILES string of the molecule is C=C(O)CCOC1C2CC3CC(C2)CC1C3. The Bertz CT molecular complexity index is 256. The molecule has 0 aromatic rings. The van der Waals surface area contributed by atoms with Gasteiger partial charge < -0.3 is 9.84 Å². The summed E-state index contributed by atoms with van der Waals surface area (Å²) in [6.07, 6.45) is 8.19. The maximum absolute atomic E-state index is 9.06. The molecule has 16 heavy (non-hydrogen) atoms. The second kappa shape index (κ2) is 4.06. The van der Waals surface area contributed by atoms with Gasteiger partial charge in [0.15, 0.2) is 0 Å². The van der Waals surface area contributed by atoms with E-state index in [-0.39, 0.29) is 5.76 Å². The van der Waals surface area contributed by atoms with E-state index in [9.17, 15) is 0 Å². The van der Waals surface area contributed by atoms with E-state index in [0.29, 0.717) is 19.1 Å².